The van der Waals surface area contributed by atoms with Gasteiger partial charge in [0.25, 0.3) is 5.91 Å². The predicted molar refractivity (Wildman–Crippen MR) is 73.5 cm³/mol. The molecule has 1 aromatic heterocycles. The third kappa shape index (κ3) is 3.99. The molecule has 1 rings (SSSR count). The Morgan fingerprint density at radius 1 is 1.42 bits per heavy atom. The maximum Gasteiger partial charge on any atom is 0.305 e. The van der Waals surface area contributed by atoms with Crippen molar-refractivity contribution in [1.82, 2.24) is 9.47 Å². The van der Waals surface area contributed by atoms with Gasteiger partial charge in [0, 0.05) is 25.3 Å². The van der Waals surface area contributed by atoms with Crippen LogP contribution in [-0.2, 0) is 11.8 Å². The molecule has 0 fully saturated rings. The summed E-state index contributed by atoms with van der Waals surface area (Å²) in [5.74, 6) is -1.14. The second-order valence-electron chi connectivity index (χ2n) is 5.43. The molecule has 6 heteroatoms. The van der Waals surface area contributed by atoms with Gasteiger partial charge in [-0.15, -0.1) is 0 Å². The third-order valence-corrected chi connectivity index (χ3v) is 3.00. The fourth-order valence-corrected chi connectivity index (χ4v) is 2.07. The zero-order valence-corrected chi connectivity index (χ0v) is 12.4. The monoisotopic (exact) mass is 286 g/mol. The SMILES string of the molecule is Cn1cc(Cl)cc1C(=O)N(CCC(=O)O)C(C)(C)C. The molecule has 0 radical (unpaired) electrons. The quantitative estimate of drug-likeness (QED) is 0.924. The summed E-state index contributed by atoms with van der Waals surface area (Å²) in [6.07, 6.45) is 1.56. The van der Waals surface area contributed by atoms with Crippen LogP contribution < -0.4 is 0 Å². The van der Waals surface area contributed by atoms with Crippen molar-refractivity contribution >= 4 is 23.5 Å². The molecule has 1 aromatic rings. The minimum atomic E-state index is -0.924. The van der Waals surface area contributed by atoms with Gasteiger partial charge in [-0.3, -0.25) is 9.59 Å². The van der Waals surface area contributed by atoms with Gasteiger partial charge in [-0.05, 0) is 26.8 Å². The molecule has 0 saturated heterocycles. The Kier molecular flexibility index (Phi) is 4.63. The number of carbonyl (C=O) groups is 2. The van der Waals surface area contributed by atoms with Crippen molar-refractivity contribution in [3.8, 4) is 0 Å². The lowest BCUT2D eigenvalue weighted by Gasteiger charge is -2.35. The van der Waals surface area contributed by atoms with E-state index in [2.05, 4.69) is 0 Å². The Bertz CT molecular complexity index is 489. The highest BCUT2D eigenvalue weighted by Crippen LogP contribution is 2.20. The first-order valence-corrected chi connectivity index (χ1v) is 6.36. The van der Waals surface area contributed by atoms with E-state index in [1.54, 1.807) is 28.8 Å². The summed E-state index contributed by atoms with van der Waals surface area (Å²) < 4.78 is 1.64. The maximum absolute atomic E-state index is 12.5. The second-order valence-corrected chi connectivity index (χ2v) is 5.86. The van der Waals surface area contributed by atoms with Crippen LogP contribution in [0.2, 0.25) is 5.02 Å². The summed E-state index contributed by atoms with van der Waals surface area (Å²) in [6, 6.07) is 1.59. The Balaban J connectivity index is 3.01. The van der Waals surface area contributed by atoms with Crippen molar-refractivity contribution in [1.29, 1.82) is 0 Å². The van der Waals surface area contributed by atoms with Crippen molar-refractivity contribution in [2.75, 3.05) is 6.54 Å². The maximum atomic E-state index is 12.5. The highest BCUT2D eigenvalue weighted by Gasteiger charge is 2.29. The molecule has 1 heterocycles. The first kappa shape index (κ1) is 15.6. The number of hydrogen-bond donors (Lipinski definition) is 1. The van der Waals surface area contributed by atoms with E-state index < -0.39 is 11.5 Å². The lowest BCUT2D eigenvalue weighted by molar-refractivity contribution is -0.137. The molecular formula is C13H19ClN2O3. The number of aliphatic carboxylic acids is 1. The van der Waals surface area contributed by atoms with Gasteiger partial charge in [-0.1, -0.05) is 11.6 Å². The molecule has 0 aliphatic heterocycles. The van der Waals surface area contributed by atoms with E-state index >= 15 is 0 Å². The van der Waals surface area contributed by atoms with Crippen molar-refractivity contribution in [2.24, 2.45) is 7.05 Å². The van der Waals surface area contributed by atoms with Gasteiger partial charge in [0.1, 0.15) is 5.69 Å². The van der Waals surface area contributed by atoms with Crippen LogP contribution in [0, 0.1) is 0 Å². The molecule has 0 aliphatic rings. The number of halogens is 1. The van der Waals surface area contributed by atoms with E-state index in [9.17, 15) is 9.59 Å². The van der Waals surface area contributed by atoms with Crippen molar-refractivity contribution in [3.05, 3.63) is 23.0 Å². The van der Waals surface area contributed by atoms with E-state index in [1.807, 2.05) is 20.8 Å². The van der Waals surface area contributed by atoms with Crippen LogP contribution in [0.15, 0.2) is 12.3 Å². The van der Waals surface area contributed by atoms with Crippen molar-refractivity contribution in [3.63, 3.8) is 0 Å². The summed E-state index contributed by atoms with van der Waals surface area (Å²) in [4.78, 5) is 24.7. The molecule has 0 aromatic carbocycles. The Hall–Kier alpha value is -1.49. The number of hydrogen-bond acceptors (Lipinski definition) is 2. The van der Waals surface area contributed by atoms with E-state index in [0.717, 1.165) is 0 Å². The zero-order valence-electron chi connectivity index (χ0n) is 11.6. The minimum Gasteiger partial charge on any atom is -0.481 e. The molecule has 0 spiro atoms. The first-order valence-electron chi connectivity index (χ1n) is 5.98. The Labute approximate surface area is 117 Å². The van der Waals surface area contributed by atoms with Gasteiger partial charge in [0.15, 0.2) is 0 Å². The minimum absolute atomic E-state index is 0.0822. The van der Waals surface area contributed by atoms with Crippen molar-refractivity contribution in [2.45, 2.75) is 32.7 Å². The second kappa shape index (κ2) is 5.65. The summed E-state index contributed by atoms with van der Waals surface area (Å²) in [6.45, 7) is 5.78. The summed E-state index contributed by atoms with van der Waals surface area (Å²) in [5.41, 5.74) is -0.00572. The molecule has 106 valence electrons. The topological polar surface area (TPSA) is 62.5 Å². The number of amides is 1. The molecule has 1 amide bonds. The molecular weight excluding hydrogens is 268 g/mol. The lowest BCUT2D eigenvalue weighted by atomic mass is 10.0. The Morgan fingerprint density at radius 2 is 2.00 bits per heavy atom. The van der Waals surface area contributed by atoms with Gasteiger partial charge < -0.3 is 14.6 Å². The van der Waals surface area contributed by atoms with Crippen LogP contribution in [0.3, 0.4) is 0 Å². The molecule has 0 aliphatic carbocycles. The smallest absolute Gasteiger partial charge is 0.305 e. The molecule has 5 nitrogen and oxygen atoms in total. The molecule has 0 unspecified atom stereocenters. The molecule has 1 N–H and O–H groups in total. The van der Waals surface area contributed by atoms with E-state index in [-0.39, 0.29) is 18.9 Å². The average molecular weight is 287 g/mol. The number of carbonyl (C=O) groups excluding carboxylic acids is 1. The van der Waals surface area contributed by atoms with Gasteiger partial charge in [-0.25, -0.2) is 0 Å². The summed E-state index contributed by atoms with van der Waals surface area (Å²) in [7, 11) is 1.73. The van der Waals surface area contributed by atoms with E-state index in [0.29, 0.717) is 10.7 Å². The van der Waals surface area contributed by atoms with E-state index in [4.69, 9.17) is 16.7 Å². The van der Waals surface area contributed by atoms with Crippen LogP contribution >= 0.6 is 11.6 Å². The van der Waals surface area contributed by atoms with Gasteiger partial charge in [-0.2, -0.15) is 0 Å². The van der Waals surface area contributed by atoms with Crippen LogP contribution in [0.1, 0.15) is 37.7 Å². The van der Waals surface area contributed by atoms with Crippen molar-refractivity contribution < 1.29 is 14.7 Å². The van der Waals surface area contributed by atoms with Crippen LogP contribution in [0.4, 0.5) is 0 Å². The standard InChI is InChI=1S/C13H19ClN2O3/c1-13(2,3)16(6-5-11(17)18)12(19)10-7-9(14)8-15(10)4/h7-8H,5-6H2,1-4H3,(H,17,18). The largest absolute Gasteiger partial charge is 0.481 e. The normalized spacial score (nSPS) is 11.4. The van der Waals surface area contributed by atoms with Gasteiger partial charge in [0.05, 0.1) is 11.4 Å². The lowest BCUT2D eigenvalue weighted by Crippen LogP contribution is -2.47. The molecule has 19 heavy (non-hydrogen) atoms. The first-order chi connectivity index (χ1) is 8.62. The zero-order chi connectivity index (χ0) is 14.8. The van der Waals surface area contributed by atoms with Gasteiger partial charge in [0.2, 0.25) is 0 Å². The molecule has 0 atom stereocenters. The Morgan fingerprint density at radius 3 is 2.37 bits per heavy atom. The third-order valence-electron chi connectivity index (χ3n) is 2.79. The van der Waals surface area contributed by atoms with Crippen LogP contribution in [0.25, 0.3) is 0 Å². The predicted octanol–water partition coefficient (Wildman–Crippen LogP) is 2.39. The number of carboxylic acid groups (broad SMARTS) is 1. The number of rotatable bonds is 4. The van der Waals surface area contributed by atoms with Gasteiger partial charge >= 0.3 is 5.97 Å². The number of aromatic nitrogens is 1. The fraction of sp³-hybridized carbons (Fsp3) is 0.538. The molecule has 0 bridgehead atoms. The fourth-order valence-electron chi connectivity index (χ4n) is 1.82. The van der Waals surface area contributed by atoms with Crippen LogP contribution in [0.5, 0.6) is 0 Å². The summed E-state index contributed by atoms with van der Waals surface area (Å²) >= 11 is 5.87. The number of carboxylic acids is 1. The number of nitrogens with zero attached hydrogens (tertiary/aromatic N) is 2. The highest BCUT2D eigenvalue weighted by atomic mass is 35.5. The average Bonchev–Trinajstić information content (AvgIpc) is 2.55. The summed E-state index contributed by atoms with van der Waals surface area (Å²) in [5, 5.41) is 9.26. The molecule has 0 saturated carbocycles. The highest BCUT2D eigenvalue weighted by molar-refractivity contribution is 6.31. The van der Waals surface area contributed by atoms with E-state index in [1.165, 1.54) is 0 Å². The number of aryl methyl sites for hydroxylation is 1. The van der Waals surface area contributed by atoms with Crippen LogP contribution in [-0.4, -0.2) is 38.5 Å².